The molecule has 2 rings (SSSR count). The van der Waals surface area contributed by atoms with Gasteiger partial charge in [0, 0.05) is 10.7 Å². The molecule has 21 heavy (non-hydrogen) atoms. The zero-order valence-electron chi connectivity index (χ0n) is 10.2. The molecule has 2 N–H and O–H groups in total. The number of nitrogens with one attached hydrogen (secondary N) is 1. The molecule has 0 fully saturated rings. The molecular weight excluding hydrogens is 350 g/mol. The minimum atomic E-state index is -1.24. The predicted molar refractivity (Wildman–Crippen MR) is 73.2 cm³/mol. The number of hydrogen-bond acceptors (Lipinski definition) is 3. The first kappa shape index (κ1) is 15.0. The SMILES string of the molecule is O=C(O)c1cncc(NC(=O)c2c(F)cc(Br)cc2F)c1. The van der Waals surface area contributed by atoms with Crippen molar-refractivity contribution in [3.05, 3.63) is 57.8 Å². The minimum absolute atomic E-state index is 0.0154. The van der Waals surface area contributed by atoms with Gasteiger partial charge in [-0.15, -0.1) is 0 Å². The summed E-state index contributed by atoms with van der Waals surface area (Å²) >= 11 is 2.90. The van der Waals surface area contributed by atoms with Gasteiger partial charge in [-0.3, -0.25) is 9.78 Å². The smallest absolute Gasteiger partial charge is 0.337 e. The van der Waals surface area contributed by atoms with Crippen molar-refractivity contribution in [3.63, 3.8) is 0 Å². The highest BCUT2D eigenvalue weighted by Gasteiger charge is 2.19. The standard InChI is InChI=1S/C13H7BrF2N2O3/c14-7-2-9(15)11(10(16)3-7)12(19)18-8-1-6(13(20)21)4-17-5-8/h1-5H,(H,18,19)(H,20,21). The third-order valence-electron chi connectivity index (χ3n) is 2.48. The second-order valence-corrected chi connectivity index (χ2v) is 4.88. The molecule has 0 aliphatic rings. The lowest BCUT2D eigenvalue weighted by Crippen LogP contribution is -2.16. The molecule has 108 valence electrons. The van der Waals surface area contributed by atoms with Gasteiger partial charge in [-0.05, 0) is 18.2 Å². The normalized spacial score (nSPS) is 10.2. The zero-order chi connectivity index (χ0) is 15.6. The van der Waals surface area contributed by atoms with E-state index < -0.39 is 29.1 Å². The van der Waals surface area contributed by atoms with Gasteiger partial charge in [0.05, 0.1) is 17.4 Å². The van der Waals surface area contributed by atoms with Crippen molar-refractivity contribution < 1.29 is 23.5 Å². The Hall–Kier alpha value is -2.35. The fourth-order valence-electron chi connectivity index (χ4n) is 1.58. The number of carboxylic acids is 1. The number of aromatic nitrogens is 1. The Labute approximate surface area is 125 Å². The van der Waals surface area contributed by atoms with E-state index in [2.05, 4.69) is 26.2 Å². The Morgan fingerprint density at radius 1 is 1.14 bits per heavy atom. The Morgan fingerprint density at radius 3 is 2.33 bits per heavy atom. The van der Waals surface area contributed by atoms with E-state index >= 15 is 0 Å². The number of benzene rings is 1. The fraction of sp³-hybridized carbons (Fsp3) is 0. The van der Waals surface area contributed by atoms with Crippen LogP contribution in [0, 0.1) is 11.6 Å². The highest BCUT2D eigenvalue weighted by molar-refractivity contribution is 9.10. The molecule has 1 aromatic heterocycles. The fourth-order valence-corrected chi connectivity index (χ4v) is 1.98. The number of hydrogen-bond donors (Lipinski definition) is 2. The van der Waals surface area contributed by atoms with Crippen LogP contribution in [0.15, 0.2) is 35.1 Å². The molecule has 1 heterocycles. The quantitative estimate of drug-likeness (QED) is 0.885. The molecule has 0 spiro atoms. The third-order valence-corrected chi connectivity index (χ3v) is 2.93. The van der Waals surface area contributed by atoms with E-state index in [1.807, 2.05) is 0 Å². The Kier molecular flexibility index (Phi) is 4.27. The average molecular weight is 357 g/mol. The summed E-state index contributed by atoms with van der Waals surface area (Å²) in [6, 6.07) is 3.02. The van der Waals surface area contributed by atoms with Crippen molar-refractivity contribution in [2.75, 3.05) is 5.32 Å². The molecular formula is C13H7BrF2N2O3. The Balaban J connectivity index is 2.30. The van der Waals surface area contributed by atoms with Crippen molar-refractivity contribution in [2.45, 2.75) is 0 Å². The number of pyridine rings is 1. The average Bonchev–Trinajstić information content (AvgIpc) is 2.37. The van der Waals surface area contributed by atoms with Gasteiger partial charge in [0.25, 0.3) is 5.91 Å². The van der Waals surface area contributed by atoms with Gasteiger partial charge in [0.1, 0.15) is 17.2 Å². The molecule has 5 nitrogen and oxygen atoms in total. The number of rotatable bonds is 3. The van der Waals surface area contributed by atoms with Crippen LogP contribution in [0.4, 0.5) is 14.5 Å². The largest absolute Gasteiger partial charge is 0.478 e. The van der Waals surface area contributed by atoms with Crippen molar-refractivity contribution in [3.8, 4) is 0 Å². The van der Waals surface area contributed by atoms with E-state index in [9.17, 15) is 18.4 Å². The topological polar surface area (TPSA) is 79.3 Å². The van der Waals surface area contributed by atoms with Crippen LogP contribution in [-0.2, 0) is 0 Å². The van der Waals surface area contributed by atoms with Gasteiger partial charge in [-0.1, -0.05) is 15.9 Å². The molecule has 0 aliphatic carbocycles. The van der Waals surface area contributed by atoms with Gasteiger partial charge in [0.2, 0.25) is 0 Å². The number of carbonyl (C=O) groups excluding carboxylic acids is 1. The molecule has 1 aromatic carbocycles. The number of halogens is 3. The molecule has 0 atom stereocenters. The van der Waals surface area contributed by atoms with Crippen LogP contribution in [-0.4, -0.2) is 22.0 Å². The molecule has 0 bridgehead atoms. The Morgan fingerprint density at radius 2 is 1.76 bits per heavy atom. The Bertz CT molecular complexity index is 714. The summed E-state index contributed by atoms with van der Waals surface area (Å²) in [6.45, 7) is 0. The molecule has 1 amide bonds. The van der Waals surface area contributed by atoms with Crippen LogP contribution in [0.1, 0.15) is 20.7 Å². The number of nitrogens with zero attached hydrogens (tertiary/aromatic N) is 1. The maximum atomic E-state index is 13.6. The van der Waals surface area contributed by atoms with Crippen LogP contribution in [0.2, 0.25) is 0 Å². The zero-order valence-corrected chi connectivity index (χ0v) is 11.8. The first-order valence-corrected chi connectivity index (χ1v) is 6.32. The van der Waals surface area contributed by atoms with Gasteiger partial charge >= 0.3 is 5.97 Å². The summed E-state index contributed by atoms with van der Waals surface area (Å²) in [4.78, 5) is 26.3. The summed E-state index contributed by atoms with van der Waals surface area (Å²) in [5.41, 5.74) is -0.912. The van der Waals surface area contributed by atoms with Crippen molar-refractivity contribution in [2.24, 2.45) is 0 Å². The van der Waals surface area contributed by atoms with Gasteiger partial charge in [0.15, 0.2) is 0 Å². The van der Waals surface area contributed by atoms with E-state index in [-0.39, 0.29) is 15.7 Å². The molecule has 0 saturated carbocycles. The van der Waals surface area contributed by atoms with Gasteiger partial charge in [-0.25, -0.2) is 13.6 Å². The maximum absolute atomic E-state index is 13.6. The third kappa shape index (κ3) is 3.40. The van der Waals surface area contributed by atoms with Crippen molar-refractivity contribution in [1.29, 1.82) is 0 Å². The predicted octanol–water partition coefficient (Wildman–Crippen LogP) is 3.07. The number of aromatic carboxylic acids is 1. The minimum Gasteiger partial charge on any atom is -0.478 e. The van der Waals surface area contributed by atoms with Crippen molar-refractivity contribution in [1.82, 2.24) is 4.98 Å². The lowest BCUT2D eigenvalue weighted by molar-refractivity contribution is 0.0696. The summed E-state index contributed by atoms with van der Waals surface area (Å²) in [5.74, 6) is -4.36. The summed E-state index contributed by atoms with van der Waals surface area (Å²) in [6.07, 6.45) is 2.25. The molecule has 0 radical (unpaired) electrons. The van der Waals surface area contributed by atoms with Crippen LogP contribution >= 0.6 is 15.9 Å². The number of carbonyl (C=O) groups is 2. The van der Waals surface area contributed by atoms with E-state index in [0.29, 0.717) is 0 Å². The second kappa shape index (κ2) is 5.96. The highest BCUT2D eigenvalue weighted by atomic mass is 79.9. The van der Waals surface area contributed by atoms with E-state index in [4.69, 9.17) is 5.11 Å². The number of amides is 1. The summed E-state index contributed by atoms with van der Waals surface area (Å²) in [5, 5.41) is 11.0. The van der Waals surface area contributed by atoms with E-state index in [1.54, 1.807) is 0 Å². The van der Waals surface area contributed by atoms with Crippen LogP contribution < -0.4 is 5.32 Å². The molecule has 0 aliphatic heterocycles. The summed E-state index contributed by atoms with van der Waals surface area (Å²) < 4.78 is 27.4. The lowest BCUT2D eigenvalue weighted by Gasteiger charge is -2.08. The van der Waals surface area contributed by atoms with E-state index in [1.165, 1.54) is 6.20 Å². The van der Waals surface area contributed by atoms with E-state index in [0.717, 1.165) is 24.4 Å². The second-order valence-electron chi connectivity index (χ2n) is 3.97. The maximum Gasteiger partial charge on any atom is 0.337 e. The van der Waals surface area contributed by atoms with Crippen LogP contribution in [0.25, 0.3) is 0 Å². The molecule has 2 aromatic rings. The summed E-state index contributed by atoms with van der Waals surface area (Å²) in [7, 11) is 0. The highest BCUT2D eigenvalue weighted by Crippen LogP contribution is 2.20. The first-order chi connectivity index (χ1) is 9.88. The lowest BCUT2D eigenvalue weighted by atomic mass is 10.1. The molecule has 0 saturated heterocycles. The van der Waals surface area contributed by atoms with Crippen LogP contribution in [0.3, 0.4) is 0 Å². The van der Waals surface area contributed by atoms with Gasteiger partial charge < -0.3 is 10.4 Å². The van der Waals surface area contributed by atoms with Gasteiger partial charge in [-0.2, -0.15) is 0 Å². The number of anilines is 1. The monoisotopic (exact) mass is 356 g/mol. The number of carboxylic acid groups (broad SMARTS) is 1. The molecule has 8 heteroatoms. The van der Waals surface area contributed by atoms with Crippen LogP contribution in [0.5, 0.6) is 0 Å². The first-order valence-electron chi connectivity index (χ1n) is 5.52. The molecule has 0 unspecified atom stereocenters. The van der Waals surface area contributed by atoms with Crippen molar-refractivity contribution >= 4 is 33.5 Å².